The van der Waals surface area contributed by atoms with Gasteiger partial charge < -0.3 is 46.1 Å². The summed E-state index contributed by atoms with van der Waals surface area (Å²) in [5.41, 5.74) is 10.4. The molecule has 6 N–H and O–H groups in total. The van der Waals surface area contributed by atoms with E-state index in [0.29, 0.717) is 43.9 Å². The number of hydrogen-bond acceptors (Lipinski definition) is 15. The molecule has 418 valence electrons. The number of carbonyl (C=O) groups is 3. The average Bonchev–Trinajstić information content (AvgIpc) is 4.50. The number of amides is 3. The van der Waals surface area contributed by atoms with E-state index in [-0.39, 0.29) is 117 Å². The summed E-state index contributed by atoms with van der Waals surface area (Å²) < 4.78 is 44.8. The van der Waals surface area contributed by atoms with E-state index < -0.39 is 41.1 Å². The van der Waals surface area contributed by atoms with Gasteiger partial charge in [-0.25, -0.2) is 18.6 Å². The van der Waals surface area contributed by atoms with Crippen molar-refractivity contribution in [2.24, 2.45) is 5.41 Å². The molecule has 7 atom stereocenters. The van der Waals surface area contributed by atoms with Crippen LogP contribution in [0.2, 0.25) is 5.02 Å². The summed E-state index contributed by atoms with van der Waals surface area (Å²) in [5.74, 6) is -1.98. The number of anilines is 2. The molecule has 10 rings (SSSR count). The Hall–Kier alpha value is -6.12. The zero-order valence-corrected chi connectivity index (χ0v) is 47.3. The molecule has 4 fully saturated rings. The molecule has 3 unspecified atom stereocenters. The quantitative estimate of drug-likeness (QED) is 0.0403. The number of nitrogens with zero attached hydrogens (tertiary/aromatic N) is 7. The number of aromatic nitrogens is 3. The lowest BCUT2D eigenvalue weighted by Gasteiger charge is -2.35. The lowest BCUT2D eigenvalue weighted by atomic mass is 9.85. The van der Waals surface area contributed by atoms with E-state index in [4.69, 9.17) is 38.4 Å². The van der Waals surface area contributed by atoms with Gasteiger partial charge in [0.15, 0.2) is 5.82 Å². The number of fused-ring (bicyclic) bond motifs is 4. The van der Waals surface area contributed by atoms with Crippen molar-refractivity contribution >= 4 is 89.5 Å². The molecule has 4 saturated heterocycles. The highest BCUT2D eigenvalue weighted by Crippen LogP contribution is 2.49. The number of nitrogen functional groups attached to an aromatic ring is 1. The third kappa shape index (κ3) is 11.9. The van der Waals surface area contributed by atoms with Crippen molar-refractivity contribution in [2.75, 3.05) is 63.2 Å². The highest BCUT2D eigenvalue weighted by atomic mass is 35.5. The van der Waals surface area contributed by atoms with Crippen LogP contribution < -0.4 is 31.3 Å². The number of rotatable bonds is 18. The average molecular weight is 1140 g/mol. The Morgan fingerprint density at radius 3 is 2.52 bits per heavy atom. The summed E-state index contributed by atoms with van der Waals surface area (Å²) in [6.45, 7) is 20.8. The number of piperazine rings is 1. The molecule has 7 heterocycles. The SMILES string of the molecule is [C-]#[N+]c1c(N)sc2c(F)ccc(-c3c(Cl)cc4c(N5CC6CCC(C5)N6)nc(OCC5CCCN5CCCOCCC(=O)N[C@H](C(=O)N5C[C@H](O)C[C@H]5C(=O)N[C@@H](C)c5ccc(-c6scnc6C)cc5)C(C)(C)C)nc4c3F)c12. The smallest absolute Gasteiger partial charge is 0.319 e. The number of thiazole rings is 1. The molecule has 0 saturated carbocycles. The number of nitrogens with one attached hydrogen (secondary N) is 3. The zero-order valence-electron chi connectivity index (χ0n) is 44.9. The predicted octanol–water partition coefficient (Wildman–Crippen LogP) is 8.96. The first-order valence-electron chi connectivity index (χ1n) is 27.0. The van der Waals surface area contributed by atoms with Gasteiger partial charge in [0.25, 0.3) is 0 Å². The van der Waals surface area contributed by atoms with Crippen LogP contribution in [0.15, 0.2) is 48.0 Å². The number of nitrogens with two attached hydrogens (primary N) is 1. The summed E-state index contributed by atoms with van der Waals surface area (Å²) in [4.78, 5) is 65.9. The second kappa shape index (κ2) is 23.5. The third-order valence-electron chi connectivity index (χ3n) is 15.7. The number of aliphatic hydroxyl groups excluding tert-OH is 1. The van der Waals surface area contributed by atoms with Gasteiger partial charge in [0.2, 0.25) is 23.4 Å². The van der Waals surface area contributed by atoms with Crippen molar-refractivity contribution < 1.29 is 37.7 Å². The Morgan fingerprint density at radius 1 is 1.05 bits per heavy atom. The predicted molar refractivity (Wildman–Crippen MR) is 305 cm³/mol. The normalized spacial score (nSPS) is 21.2. The van der Waals surface area contributed by atoms with E-state index in [0.717, 1.165) is 65.3 Å². The van der Waals surface area contributed by atoms with Gasteiger partial charge in [0.05, 0.1) is 56.1 Å². The van der Waals surface area contributed by atoms with Gasteiger partial charge >= 0.3 is 6.01 Å². The number of halogens is 3. The van der Waals surface area contributed by atoms with Crippen LogP contribution in [0.1, 0.15) is 89.9 Å². The number of carbonyl (C=O) groups excluding carboxylic acids is 3. The lowest BCUT2D eigenvalue weighted by molar-refractivity contribution is -0.144. The second-order valence-corrected chi connectivity index (χ2v) is 24.6. The first-order valence-corrected chi connectivity index (χ1v) is 29.1. The van der Waals surface area contributed by atoms with E-state index >= 15 is 8.78 Å². The molecular formula is C57H66ClF2N11O6S2. The maximum Gasteiger partial charge on any atom is 0.319 e. The van der Waals surface area contributed by atoms with Crippen LogP contribution in [0.5, 0.6) is 6.01 Å². The van der Waals surface area contributed by atoms with Gasteiger partial charge in [-0.3, -0.25) is 19.3 Å². The van der Waals surface area contributed by atoms with Gasteiger partial charge in [-0.2, -0.15) is 9.97 Å². The van der Waals surface area contributed by atoms with Crippen molar-refractivity contribution in [3.05, 3.63) is 87.3 Å². The Labute approximate surface area is 471 Å². The summed E-state index contributed by atoms with van der Waals surface area (Å²) in [5, 5.41) is 21.1. The van der Waals surface area contributed by atoms with Crippen molar-refractivity contribution in [1.29, 1.82) is 0 Å². The number of aliphatic hydroxyl groups is 1. The number of β-amino-alcohol motifs (C(OH)–C–C–N with tert-alkyl or cyclic N) is 1. The van der Waals surface area contributed by atoms with Crippen LogP contribution in [0.4, 0.5) is 25.3 Å². The molecule has 4 aliphatic heterocycles. The topological polar surface area (TPSA) is 205 Å². The number of ether oxygens (including phenoxy) is 2. The molecule has 4 aliphatic rings. The van der Waals surface area contributed by atoms with Crippen LogP contribution in [-0.4, -0.2) is 136 Å². The lowest BCUT2D eigenvalue weighted by Crippen LogP contribution is -2.58. The molecule has 79 heavy (non-hydrogen) atoms. The first kappa shape index (κ1) is 56.2. The summed E-state index contributed by atoms with van der Waals surface area (Å²) in [6, 6.07) is 10.5. The first-order chi connectivity index (χ1) is 37.9. The number of thiophene rings is 1. The number of likely N-dealkylation sites (tertiary alicyclic amines) is 2. The van der Waals surface area contributed by atoms with Crippen LogP contribution in [-0.2, 0) is 19.1 Å². The minimum atomic E-state index is -0.965. The van der Waals surface area contributed by atoms with E-state index in [9.17, 15) is 19.5 Å². The molecule has 3 aromatic carbocycles. The number of hydrogen-bond donors (Lipinski definition) is 5. The standard InChI is InChI=1S/C57H66ClF2N11O6S2/c1-30(32-10-12-33(13-11-32)49-31(2)63-29-78-49)64-54(74)42-23-37(72)27-71(42)55(75)51(57(3,4)5)66-43(73)18-22-76-21-8-20-69-19-7-9-36(69)28-77-56-67-47-39(53(68-56)70-25-34-14-15-35(26-70)65-34)24-40(58)44(46(47)60)38-16-17-41(59)50-45(38)48(62-6)52(61)79-50/h10-13,16-17,24,29-30,34-37,42,51,65,72H,7-9,14-15,18-23,25-28,61H2,1-5H3,(H,64,74)(H,66,73)/t30-,34?,35?,36?,37+,42-,51+/m0/s1. The van der Waals surface area contributed by atoms with E-state index in [2.05, 4.69) is 40.6 Å². The Balaban J connectivity index is 0.736. The molecular weight excluding hydrogens is 1070 g/mol. The maximum absolute atomic E-state index is 17.3. The van der Waals surface area contributed by atoms with Crippen LogP contribution >= 0.6 is 34.3 Å². The van der Waals surface area contributed by atoms with Crippen LogP contribution in [0.25, 0.3) is 47.4 Å². The zero-order chi connectivity index (χ0) is 55.9. The van der Waals surface area contributed by atoms with Crippen LogP contribution in [0.3, 0.4) is 0 Å². The van der Waals surface area contributed by atoms with E-state index in [1.807, 2.05) is 64.4 Å². The molecule has 17 nitrogen and oxygen atoms in total. The number of aryl methyl sites for hydroxylation is 1. The van der Waals surface area contributed by atoms with Gasteiger partial charge in [0, 0.05) is 80.1 Å². The number of benzene rings is 3. The minimum absolute atomic E-state index is 0.00311. The monoisotopic (exact) mass is 1140 g/mol. The van der Waals surface area contributed by atoms with Gasteiger partial charge in [-0.1, -0.05) is 62.7 Å². The van der Waals surface area contributed by atoms with Crippen molar-refractivity contribution in [2.45, 2.75) is 122 Å². The summed E-state index contributed by atoms with van der Waals surface area (Å²) in [6.07, 6.45) is 3.72. The molecule has 0 aliphatic carbocycles. The molecule has 2 bridgehead atoms. The minimum Gasteiger partial charge on any atom is -0.462 e. The fourth-order valence-electron chi connectivity index (χ4n) is 11.6. The molecule has 6 aromatic rings. The van der Waals surface area contributed by atoms with Gasteiger partial charge in [-0.15, -0.1) is 22.7 Å². The van der Waals surface area contributed by atoms with Gasteiger partial charge in [0.1, 0.15) is 35.8 Å². The van der Waals surface area contributed by atoms with Crippen molar-refractivity contribution in [3.8, 4) is 27.6 Å². The van der Waals surface area contributed by atoms with Crippen molar-refractivity contribution in [3.63, 3.8) is 0 Å². The van der Waals surface area contributed by atoms with Gasteiger partial charge in [-0.05, 0) is 86.7 Å². The molecule has 3 amide bonds. The second-order valence-electron chi connectivity index (χ2n) is 22.3. The largest absolute Gasteiger partial charge is 0.462 e. The fraction of sp³-hybridized carbons (Fsp3) is 0.491. The molecule has 22 heteroatoms. The Morgan fingerprint density at radius 2 is 1.81 bits per heavy atom. The highest BCUT2D eigenvalue weighted by molar-refractivity contribution is 7.23. The summed E-state index contributed by atoms with van der Waals surface area (Å²) >= 11 is 9.45. The summed E-state index contributed by atoms with van der Waals surface area (Å²) in [7, 11) is 0. The van der Waals surface area contributed by atoms with Crippen LogP contribution in [0, 0.1) is 30.5 Å². The van der Waals surface area contributed by atoms with E-state index in [1.165, 1.54) is 17.0 Å². The molecule has 0 spiro atoms. The highest BCUT2D eigenvalue weighted by Gasteiger charge is 2.45. The Kier molecular flexibility index (Phi) is 16.7. The van der Waals surface area contributed by atoms with E-state index in [1.54, 1.807) is 17.4 Å². The third-order valence-corrected chi connectivity index (χ3v) is 18.0. The molecule has 3 aromatic heterocycles. The fourth-order valence-corrected chi connectivity index (χ4v) is 13.7. The maximum atomic E-state index is 17.3. The Bertz CT molecular complexity index is 3300. The van der Waals surface area contributed by atoms with Crippen molar-refractivity contribution in [1.82, 2.24) is 40.7 Å². The molecule has 0 radical (unpaired) electrons.